The Morgan fingerprint density at radius 2 is 2.13 bits per heavy atom. The van der Waals surface area contributed by atoms with Crippen LogP contribution >= 0.6 is 0 Å². The number of nitrogens with zero attached hydrogens (tertiary/aromatic N) is 2. The molecule has 1 heterocycles. The Balaban J connectivity index is 1.78. The van der Waals surface area contributed by atoms with Gasteiger partial charge >= 0.3 is 5.69 Å². The van der Waals surface area contributed by atoms with Gasteiger partial charge in [-0.15, -0.1) is 0 Å². The lowest BCUT2D eigenvalue weighted by atomic mass is 10.2. The van der Waals surface area contributed by atoms with Gasteiger partial charge in [0.2, 0.25) is 0 Å². The van der Waals surface area contributed by atoms with Crippen molar-refractivity contribution in [3.8, 4) is 0 Å². The van der Waals surface area contributed by atoms with E-state index in [4.69, 9.17) is 0 Å². The first-order valence-corrected chi connectivity index (χ1v) is 5.72. The van der Waals surface area contributed by atoms with Gasteiger partial charge in [0.15, 0.2) is 0 Å². The summed E-state index contributed by atoms with van der Waals surface area (Å²) in [6.07, 6.45) is 8.94. The number of imidazole rings is 1. The Labute approximate surface area is 89.9 Å². The summed E-state index contributed by atoms with van der Waals surface area (Å²) in [7, 11) is 1.78. The van der Waals surface area contributed by atoms with E-state index in [2.05, 4.69) is 5.32 Å². The highest BCUT2D eigenvalue weighted by Gasteiger charge is 2.13. The van der Waals surface area contributed by atoms with Gasteiger partial charge in [-0.1, -0.05) is 12.8 Å². The molecule has 0 spiro atoms. The molecule has 1 N–H and O–H groups in total. The maximum Gasteiger partial charge on any atom is 0.327 e. The molecular formula is C11H19N3O. The molecule has 4 nitrogen and oxygen atoms in total. The van der Waals surface area contributed by atoms with E-state index in [9.17, 15) is 4.79 Å². The third kappa shape index (κ3) is 2.50. The zero-order chi connectivity index (χ0) is 10.7. The smallest absolute Gasteiger partial charge is 0.312 e. The molecule has 4 heteroatoms. The zero-order valence-electron chi connectivity index (χ0n) is 9.28. The molecule has 0 aliphatic heterocycles. The normalized spacial score (nSPS) is 17.4. The summed E-state index contributed by atoms with van der Waals surface area (Å²) in [5.74, 6) is 0. The van der Waals surface area contributed by atoms with Gasteiger partial charge in [0.1, 0.15) is 0 Å². The van der Waals surface area contributed by atoms with Crippen molar-refractivity contribution >= 4 is 0 Å². The lowest BCUT2D eigenvalue weighted by Gasteiger charge is -2.11. The molecule has 1 fully saturated rings. The standard InChI is InChI=1S/C11H19N3O/c1-13-8-9-14(11(13)15)7-6-12-10-4-2-3-5-10/h8-10,12H,2-7H2,1H3. The lowest BCUT2D eigenvalue weighted by Crippen LogP contribution is -2.32. The van der Waals surface area contributed by atoms with Crippen LogP contribution in [0.2, 0.25) is 0 Å². The number of rotatable bonds is 4. The number of aromatic nitrogens is 2. The number of aryl methyl sites for hydroxylation is 1. The Bertz CT molecular complexity index is 360. The van der Waals surface area contributed by atoms with Crippen molar-refractivity contribution in [2.75, 3.05) is 6.54 Å². The van der Waals surface area contributed by atoms with Gasteiger partial charge < -0.3 is 9.88 Å². The van der Waals surface area contributed by atoms with Gasteiger partial charge in [-0.2, -0.15) is 0 Å². The molecule has 84 valence electrons. The Morgan fingerprint density at radius 3 is 2.73 bits per heavy atom. The second kappa shape index (κ2) is 4.66. The van der Waals surface area contributed by atoms with Crippen LogP contribution in [0, 0.1) is 0 Å². The molecule has 1 aromatic rings. The molecule has 0 saturated heterocycles. The lowest BCUT2D eigenvalue weighted by molar-refractivity contribution is 0.491. The quantitative estimate of drug-likeness (QED) is 0.793. The van der Waals surface area contributed by atoms with Crippen LogP contribution in [-0.4, -0.2) is 21.7 Å². The van der Waals surface area contributed by atoms with Crippen molar-refractivity contribution < 1.29 is 0 Å². The summed E-state index contributed by atoms with van der Waals surface area (Å²) < 4.78 is 3.36. The Morgan fingerprint density at radius 1 is 1.40 bits per heavy atom. The molecule has 1 aliphatic rings. The average Bonchev–Trinajstić information content (AvgIpc) is 2.83. The van der Waals surface area contributed by atoms with Crippen molar-refractivity contribution in [2.24, 2.45) is 7.05 Å². The second-order valence-corrected chi connectivity index (χ2v) is 4.32. The molecule has 1 aromatic heterocycles. The molecule has 0 bridgehead atoms. The zero-order valence-corrected chi connectivity index (χ0v) is 9.28. The van der Waals surface area contributed by atoms with Gasteiger partial charge in [-0.05, 0) is 12.8 Å². The van der Waals surface area contributed by atoms with E-state index in [0.29, 0.717) is 6.04 Å². The predicted molar refractivity (Wildman–Crippen MR) is 59.9 cm³/mol. The van der Waals surface area contributed by atoms with Crippen LogP contribution in [0.3, 0.4) is 0 Å². The molecule has 1 aliphatic carbocycles. The number of nitrogens with one attached hydrogen (secondary N) is 1. The Hall–Kier alpha value is -1.03. The van der Waals surface area contributed by atoms with E-state index >= 15 is 0 Å². The van der Waals surface area contributed by atoms with Crippen LogP contribution in [0.4, 0.5) is 0 Å². The first-order chi connectivity index (χ1) is 7.27. The van der Waals surface area contributed by atoms with Gasteiger partial charge in [0.05, 0.1) is 0 Å². The molecule has 0 amide bonds. The van der Waals surface area contributed by atoms with Crippen molar-refractivity contribution in [1.29, 1.82) is 0 Å². The van der Waals surface area contributed by atoms with Gasteiger partial charge in [-0.25, -0.2) is 4.79 Å². The van der Waals surface area contributed by atoms with Crippen LogP contribution in [0.15, 0.2) is 17.2 Å². The molecule has 0 atom stereocenters. The number of hydrogen-bond acceptors (Lipinski definition) is 2. The van der Waals surface area contributed by atoms with E-state index in [1.54, 1.807) is 22.4 Å². The maximum atomic E-state index is 11.5. The first-order valence-electron chi connectivity index (χ1n) is 5.72. The van der Waals surface area contributed by atoms with Crippen molar-refractivity contribution in [2.45, 2.75) is 38.3 Å². The van der Waals surface area contributed by atoms with E-state index < -0.39 is 0 Å². The Kier molecular flexibility index (Phi) is 3.26. The maximum absolute atomic E-state index is 11.5. The highest BCUT2D eigenvalue weighted by Crippen LogP contribution is 2.17. The van der Waals surface area contributed by atoms with Crippen LogP contribution in [0.5, 0.6) is 0 Å². The summed E-state index contributed by atoms with van der Waals surface area (Å²) in [6.45, 7) is 1.67. The fraction of sp³-hybridized carbons (Fsp3) is 0.727. The molecule has 1 saturated carbocycles. The SMILES string of the molecule is Cn1ccn(CCNC2CCCC2)c1=O. The number of hydrogen-bond donors (Lipinski definition) is 1. The topological polar surface area (TPSA) is 39.0 Å². The minimum absolute atomic E-state index is 0.0724. The molecule has 2 rings (SSSR count). The van der Waals surface area contributed by atoms with Crippen LogP contribution < -0.4 is 11.0 Å². The summed E-state index contributed by atoms with van der Waals surface area (Å²) in [5.41, 5.74) is 0.0724. The fourth-order valence-electron chi connectivity index (χ4n) is 2.20. The summed E-state index contributed by atoms with van der Waals surface area (Å²) in [5, 5.41) is 3.50. The van der Waals surface area contributed by atoms with Crippen LogP contribution in [-0.2, 0) is 13.6 Å². The van der Waals surface area contributed by atoms with Crippen molar-refractivity contribution in [3.63, 3.8) is 0 Å². The third-order valence-electron chi connectivity index (χ3n) is 3.16. The molecule has 0 radical (unpaired) electrons. The largest absolute Gasteiger partial charge is 0.327 e. The minimum Gasteiger partial charge on any atom is -0.312 e. The third-order valence-corrected chi connectivity index (χ3v) is 3.16. The predicted octanol–water partition coefficient (Wildman–Crippen LogP) is 0.719. The fourth-order valence-corrected chi connectivity index (χ4v) is 2.20. The van der Waals surface area contributed by atoms with Crippen molar-refractivity contribution in [3.05, 3.63) is 22.9 Å². The average molecular weight is 209 g/mol. The monoisotopic (exact) mass is 209 g/mol. The second-order valence-electron chi connectivity index (χ2n) is 4.32. The molecular weight excluding hydrogens is 190 g/mol. The van der Waals surface area contributed by atoms with E-state index in [-0.39, 0.29) is 5.69 Å². The molecule has 0 aromatic carbocycles. The van der Waals surface area contributed by atoms with Gasteiger partial charge in [-0.3, -0.25) is 4.57 Å². The summed E-state index contributed by atoms with van der Waals surface area (Å²) >= 11 is 0. The first kappa shape index (κ1) is 10.5. The highest BCUT2D eigenvalue weighted by molar-refractivity contribution is 4.80. The van der Waals surface area contributed by atoms with E-state index in [1.807, 2.05) is 6.20 Å². The summed E-state index contributed by atoms with van der Waals surface area (Å²) in [4.78, 5) is 11.5. The van der Waals surface area contributed by atoms with Crippen LogP contribution in [0.1, 0.15) is 25.7 Å². The molecule has 0 unspecified atom stereocenters. The van der Waals surface area contributed by atoms with Crippen LogP contribution in [0.25, 0.3) is 0 Å². The van der Waals surface area contributed by atoms with E-state index in [1.165, 1.54) is 25.7 Å². The van der Waals surface area contributed by atoms with Gasteiger partial charge in [0.25, 0.3) is 0 Å². The van der Waals surface area contributed by atoms with Crippen molar-refractivity contribution in [1.82, 2.24) is 14.5 Å². The van der Waals surface area contributed by atoms with E-state index in [0.717, 1.165) is 13.1 Å². The minimum atomic E-state index is 0.0724. The highest BCUT2D eigenvalue weighted by atomic mass is 16.1. The van der Waals surface area contributed by atoms with Gasteiger partial charge in [0, 0.05) is 38.6 Å². The summed E-state index contributed by atoms with van der Waals surface area (Å²) in [6, 6.07) is 0.685. The molecule has 15 heavy (non-hydrogen) atoms.